The van der Waals surface area contributed by atoms with E-state index in [1.165, 1.54) is 5.57 Å². The molecule has 4 aliphatic carbocycles. The molecule has 228 valence electrons. The highest BCUT2D eigenvalue weighted by atomic mass is 35.5. The van der Waals surface area contributed by atoms with Gasteiger partial charge in [0.2, 0.25) is 5.79 Å². The topological polar surface area (TPSA) is 88.0 Å². The monoisotopic (exact) mass is 599 g/mol. The van der Waals surface area contributed by atoms with Crippen LogP contribution < -0.4 is 4.74 Å². The summed E-state index contributed by atoms with van der Waals surface area (Å²) in [5.41, 5.74) is 1.46. The van der Waals surface area contributed by atoms with Crippen LogP contribution in [0.15, 0.2) is 53.2 Å². The summed E-state index contributed by atoms with van der Waals surface area (Å²) in [5.74, 6) is 0.336. The van der Waals surface area contributed by atoms with E-state index in [0.29, 0.717) is 26.2 Å². The maximum absolute atomic E-state index is 12.1. The first-order valence-corrected chi connectivity index (χ1v) is 15.6. The molecule has 2 aliphatic heterocycles. The molecule has 1 unspecified atom stereocenters. The van der Waals surface area contributed by atoms with Crippen molar-refractivity contribution in [1.82, 2.24) is 0 Å². The number of aliphatic hydroxyl groups is 1. The highest BCUT2D eigenvalue weighted by Gasteiger charge is 2.81. The Morgan fingerprint density at radius 2 is 1.95 bits per heavy atom. The normalized spacial score (nSPS) is 46.5. The molecule has 9 heteroatoms. The Morgan fingerprint density at radius 3 is 2.74 bits per heavy atom. The second-order valence-electron chi connectivity index (χ2n) is 13.5. The number of ether oxygens (including phenoxy) is 5. The number of benzene rings is 1. The van der Waals surface area contributed by atoms with Gasteiger partial charge in [-0.25, -0.2) is 0 Å². The zero-order chi connectivity index (χ0) is 29.4. The smallest absolute Gasteiger partial charge is 0.227 e. The Bertz CT molecular complexity index is 1320. The summed E-state index contributed by atoms with van der Waals surface area (Å²) in [5, 5.41) is 16.5. The van der Waals surface area contributed by atoms with Crippen molar-refractivity contribution in [2.75, 3.05) is 33.4 Å². The molecule has 1 N–H and O–H groups in total. The van der Waals surface area contributed by atoms with Crippen LogP contribution in [-0.2, 0) is 23.8 Å². The van der Waals surface area contributed by atoms with Crippen molar-refractivity contribution in [2.24, 2.45) is 33.7 Å². The second-order valence-corrected chi connectivity index (χ2v) is 14.1. The molecule has 2 spiro atoms. The van der Waals surface area contributed by atoms with Gasteiger partial charge in [0, 0.05) is 10.8 Å². The van der Waals surface area contributed by atoms with Gasteiger partial charge >= 0.3 is 0 Å². The predicted molar refractivity (Wildman–Crippen MR) is 157 cm³/mol. The quantitative estimate of drug-likeness (QED) is 0.271. The van der Waals surface area contributed by atoms with Crippen LogP contribution in [0.2, 0.25) is 0 Å². The number of halogens is 1. The minimum Gasteiger partial charge on any atom is -0.490 e. The van der Waals surface area contributed by atoms with Crippen molar-refractivity contribution in [1.29, 1.82) is 0 Å². The molecule has 6 aliphatic rings. The maximum Gasteiger partial charge on any atom is 0.227 e. The van der Waals surface area contributed by atoms with Crippen LogP contribution >= 0.6 is 11.6 Å². The summed E-state index contributed by atoms with van der Waals surface area (Å²) in [6.45, 7) is 10.1. The van der Waals surface area contributed by atoms with E-state index in [-0.39, 0.29) is 31.3 Å². The molecule has 0 bridgehead atoms. The third-order valence-electron chi connectivity index (χ3n) is 11.6. The number of aliphatic hydroxyl groups excluding tert-OH is 1. The SMILES string of the molecule is Cc1cccc(OCCO/N=C2\C=C[C@@]3(C)C(=C2)CC[C@H]2[C@@H]4C[C@H](C)[C@@]5(OCOC56COCO6)[C@@]4(C)C[C@H](O)[C@@]23Cl)c1. The summed E-state index contributed by atoms with van der Waals surface area (Å²) in [6, 6.07) is 7.94. The van der Waals surface area contributed by atoms with Crippen LogP contribution in [0.4, 0.5) is 0 Å². The first kappa shape index (κ1) is 28.8. The Balaban J connectivity index is 1.10. The highest BCUT2D eigenvalue weighted by molar-refractivity contribution is 6.26. The molecule has 5 fully saturated rings. The molecule has 1 aromatic carbocycles. The van der Waals surface area contributed by atoms with Gasteiger partial charge < -0.3 is 33.6 Å². The van der Waals surface area contributed by atoms with E-state index in [0.717, 1.165) is 36.3 Å². The van der Waals surface area contributed by atoms with Gasteiger partial charge in [-0.1, -0.05) is 49.7 Å². The van der Waals surface area contributed by atoms with Crippen LogP contribution in [0.5, 0.6) is 5.75 Å². The van der Waals surface area contributed by atoms with Crippen molar-refractivity contribution in [3.8, 4) is 5.75 Å². The average Bonchev–Trinajstić information content (AvgIpc) is 3.65. The molecule has 8 nitrogen and oxygen atoms in total. The third kappa shape index (κ3) is 3.75. The zero-order valence-corrected chi connectivity index (χ0v) is 25.7. The van der Waals surface area contributed by atoms with Gasteiger partial charge in [-0.3, -0.25) is 0 Å². The molecule has 3 saturated carbocycles. The van der Waals surface area contributed by atoms with Crippen LogP contribution in [0.1, 0.15) is 52.0 Å². The molecule has 0 aromatic heterocycles. The molecule has 2 saturated heterocycles. The molecule has 7 rings (SSSR count). The van der Waals surface area contributed by atoms with E-state index in [9.17, 15) is 5.11 Å². The van der Waals surface area contributed by atoms with Crippen molar-refractivity contribution >= 4 is 17.3 Å². The van der Waals surface area contributed by atoms with Gasteiger partial charge in [-0.2, -0.15) is 0 Å². The molecule has 2 heterocycles. The molecule has 9 atom stereocenters. The zero-order valence-electron chi connectivity index (χ0n) is 24.9. The Hall–Kier alpha value is -1.94. The molecular weight excluding hydrogens is 558 g/mol. The van der Waals surface area contributed by atoms with E-state index in [4.69, 9.17) is 40.1 Å². The molecule has 0 radical (unpaired) electrons. The number of hydrogen-bond acceptors (Lipinski definition) is 8. The number of hydrogen-bond donors (Lipinski definition) is 1. The summed E-state index contributed by atoms with van der Waals surface area (Å²) < 4.78 is 30.4. The number of alkyl halides is 1. The molecule has 0 amide bonds. The predicted octanol–water partition coefficient (Wildman–Crippen LogP) is 5.51. The fourth-order valence-electron chi connectivity index (χ4n) is 9.82. The number of allylic oxidation sites excluding steroid dienone is 4. The summed E-state index contributed by atoms with van der Waals surface area (Å²) in [4.78, 5) is 4.74. The van der Waals surface area contributed by atoms with E-state index in [2.05, 4.69) is 38.1 Å². The Labute approximate surface area is 252 Å². The molecule has 42 heavy (non-hydrogen) atoms. The number of oxime groups is 1. The number of rotatable bonds is 5. The fraction of sp³-hybridized carbons (Fsp3) is 0.667. The first-order chi connectivity index (χ1) is 20.1. The third-order valence-corrected chi connectivity index (χ3v) is 12.5. The standard InChI is InChI=1S/C33H42ClNO7/c1-21-6-5-7-25(14-21)38-12-13-42-35-24-10-11-29(3)23(16-24)8-9-26-27-15-22(2)33(30(27,4)17-28(36)32(26,29)34)31(40-20-41-33)18-37-19-39-31/h5-7,10-11,14,16,22,26-28,36H,8-9,12-13,15,17-20H2,1-4H3/b35-24+/t22-,26-,27-,28-,29-,30-,31?,32-,33+/m0/s1. The lowest BCUT2D eigenvalue weighted by molar-refractivity contribution is -0.264. The first-order valence-electron chi connectivity index (χ1n) is 15.3. The lowest BCUT2D eigenvalue weighted by Gasteiger charge is -2.64. The van der Waals surface area contributed by atoms with Crippen LogP contribution in [0.25, 0.3) is 0 Å². The van der Waals surface area contributed by atoms with Crippen molar-refractivity contribution in [2.45, 2.75) is 75.7 Å². The summed E-state index contributed by atoms with van der Waals surface area (Å²) in [7, 11) is 0. The van der Waals surface area contributed by atoms with E-state index in [1.807, 2.05) is 37.3 Å². The minimum atomic E-state index is -0.952. The number of nitrogens with zero attached hydrogens (tertiary/aromatic N) is 1. The number of fused-ring (bicyclic) bond motifs is 7. The highest BCUT2D eigenvalue weighted by Crippen LogP contribution is 2.74. The number of aryl methyl sites for hydroxylation is 1. The van der Waals surface area contributed by atoms with E-state index >= 15 is 0 Å². The lowest BCUT2D eigenvalue weighted by Crippen LogP contribution is -2.71. The van der Waals surface area contributed by atoms with Gasteiger partial charge in [-0.15, -0.1) is 11.6 Å². The molecular formula is C33H42ClNO7. The summed E-state index contributed by atoms with van der Waals surface area (Å²) >= 11 is 7.77. The lowest BCUT2D eigenvalue weighted by atomic mass is 9.45. The van der Waals surface area contributed by atoms with Gasteiger partial charge in [0.25, 0.3) is 0 Å². The van der Waals surface area contributed by atoms with Gasteiger partial charge in [-0.05, 0) is 80.2 Å². The van der Waals surface area contributed by atoms with Crippen LogP contribution in [0.3, 0.4) is 0 Å². The van der Waals surface area contributed by atoms with Crippen LogP contribution in [0, 0.1) is 35.5 Å². The van der Waals surface area contributed by atoms with Gasteiger partial charge in [0.1, 0.15) is 30.3 Å². The van der Waals surface area contributed by atoms with Crippen molar-refractivity contribution in [3.05, 3.63) is 53.6 Å². The van der Waals surface area contributed by atoms with E-state index in [1.54, 1.807) is 0 Å². The Morgan fingerprint density at radius 1 is 1.12 bits per heavy atom. The second kappa shape index (κ2) is 10.0. The average molecular weight is 600 g/mol. The summed E-state index contributed by atoms with van der Waals surface area (Å²) in [6.07, 6.45) is 8.62. The van der Waals surface area contributed by atoms with Crippen LogP contribution in [-0.4, -0.2) is 66.6 Å². The van der Waals surface area contributed by atoms with Gasteiger partial charge in [0.15, 0.2) is 20.2 Å². The fourth-order valence-corrected chi connectivity index (χ4v) is 10.3. The largest absolute Gasteiger partial charge is 0.490 e. The van der Waals surface area contributed by atoms with E-state index < -0.39 is 33.2 Å². The van der Waals surface area contributed by atoms with Crippen molar-refractivity contribution in [3.63, 3.8) is 0 Å². The van der Waals surface area contributed by atoms with Crippen molar-refractivity contribution < 1.29 is 33.6 Å². The van der Waals surface area contributed by atoms with Gasteiger partial charge in [0.05, 0.1) is 11.0 Å². The molecule has 1 aromatic rings. The minimum absolute atomic E-state index is 0.0821. The maximum atomic E-state index is 12.1. The Kier molecular flexibility index (Phi) is 6.89.